The first kappa shape index (κ1) is 14.6. The van der Waals surface area contributed by atoms with E-state index in [0.717, 1.165) is 6.07 Å². The van der Waals surface area contributed by atoms with Gasteiger partial charge in [0.2, 0.25) is 5.95 Å². The fraction of sp³-hybridized carbons (Fsp3) is 0.133. The van der Waals surface area contributed by atoms with Crippen LogP contribution in [0.1, 0.15) is 22.1 Å². The predicted molar refractivity (Wildman–Crippen MR) is 72.9 cm³/mol. The lowest BCUT2D eigenvalue weighted by Gasteiger charge is -2.16. The summed E-state index contributed by atoms with van der Waals surface area (Å²) in [6, 6.07) is 11.5. The third-order valence-corrected chi connectivity index (χ3v) is 2.79. The van der Waals surface area contributed by atoms with Crippen LogP contribution in [0.15, 0.2) is 48.5 Å². The Kier molecular flexibility index (Phi) is 4.61. The zero-order valence-electron chi connectivity index (χ0n) is 11.2. The van der Waals surface area contributed by atoms with Crippen LogP contribution in [-0.2, 0) is 9.53 Å². The van der Waals surface area contributed by atoms with Gasteiger partial charge in [-0.2, -0.15) is 4.39 Å². The Morgan fingerprint density at radius 1 is 1.14 bits per heavy atom. The summed E-state index contributed by atoms with van der Waals surface area (Å²) in [7, 11) is 1.23. The second-order valence-electron chi connectivity index (χ2n) is 4.19. The van der Waals surface area contributed by atoms with Gasteiger partial charge in [-0.1, -0.05) is 36.4 Å². The number of esters is 1. The van der Waals surface area contributed by atoms with Crippen LogP contribution < -0.4 is 5.32 Å². The molecule has 0 spiro atoms. The number of nitrogens with zero attached hydrogens (tertiary/aromatic N) is 1. The van der Waals surface area contributed by atoms with Crippen LogP contribution in [0.4, 0.5) is 4.39 Å². The van der Waals surface area contributed by atoms with Gasteiger partial charge < -0.3 is 10.1 Å². The topological polar surface area (TPSA) is 68.3 Å². The fourth-order valence-corrected chi connectivity index (χ4v) is 1.78. The van der Waals surface area contributed by atoms with E-state index < -0.39 is 23.9 Å². The Bertz CT molecular complexity index is 646. The fourth-order valence-electron chi connectivity index (χ4n) is 1.78. The van der Waals surface area contributed by atoms with Crippen LogP contribution in [0.25, 0.3) is 0 Å². The molecule has 0 saturated carbocycles. The Hall–Kier alpha value is -2.76. The predicted octanol–water partition coefficient (Wildman–Crippen LogP) is 1.86. The van der Waals surface area contributed by atoms with Crippen LogP contribution in [0, 0.1) is 5.95 Å². The third-order valence-electron chi connectivity index (χ3n) is 2.79. The summed E-state index contributed by atoms with van der Waals surface area (Å²) < 4.78 is 17.7. The number of pyridine rings is 1. The number of aromatic nitrogens is 1. The van der Waals surface area contributed by atoms with Crippen molar-refractivity contribution < 1.29 is 18.7 Å². The van der Waals surface area contributed by atoms with E-state index in [4.69, 9.17) is 0 Å². The van der Waals surface area contributed by atoms with Crippen molar-refractivity contribution in [3.05, 3.63) is 65.7 Å². The van der Waals surface area contributed by atoms with E-state index in [9.17, 15) is 14.0 Å². The Morgan fingerprint density at radius 2 is 1.86 bits per heavy atom. The van der Waals surface area contributed by atoms with E-state index in [-0.39, 0.29) is 5.69 Å². The maximum Gasteiger partial charge on any atom is 0.333 e. The lowest BCUT2D eigenvalue weighted by molar-refractivity contribution is -0.143. The van der Waals surface area contributed by atoms with Gasteiger partial charge in [0.1, 0.15) is 5.69 Å². The number of halogens is 1. The van der Waals surface area contributed by atoms with Crippen molar-refractivity contribution in [3.63, 3.8) is 0 Å². The number of rotatable bonds is 4. The summed E-state index contributed by atoms with van der Waals surface area (Å²) in [6.07, 6.45) is 0. The summed E-state index contributed by atoms with van der Waals surface area (Å²) in [6.45, 7) is 0. The molecule has 0 aliphatic carbocycles. The number of hydrogen-bond donors (Lipinski definition) is 1. The van der Waals surface area contributed by atoms with E-state index in [1.807, 2.05) is 0 Å². The molecular formula is C15H13FN2O3. The van der Waals surface area contributed by atoms with E-state index in [0.29, 0.717) is 5.56 Å². The molecular weight excluding hydrogens is 275 g/mol. The zero-order valence-corrected chi connectivity index (χ0v) is 11.2. The summed E-state index contributed by atoms with van der Waals surface area (Å²) in [5, 5.41) is 2.48. The van der Waals surface area contributed by atoms with Gasteiger partial charge in [0.15, 0.2) is 6.04 Å². The number of amides is 1. The first-order chi connectivity index (χ1) is 10.1. The first-order valence-electron chi connectivity index (χ1n) is 6.18. The van der Waals surface area contributed by atoms with Crippen molar-refractivity contribution in [2.45, 2.75) is 6.04 Å². The largest absolute Gasteiger partial charge is 0.467 e. The van der Waals surface area contributed by atoms with Crippen molar-refractivity contribution in [2.75, 3.05) is 7.11 Å². The molecule has 5 nitrogen and oxygen atoms in total. The van der Waals surface area contributed by atoms with Gasteiger partial charge in [-0.25, -0.2) is 9.78 Å². The molecule has 0 radical (unpaired) electrons. The number of methoxy groups -OCH3 is 1. The average Bonchev–Trinajstić information content (AvgIpc) is 2.52. The van der Waals surface area contributed by atoms with Crippen molar-refractivity contribution in [3.8, 4) is 0 Å². The van der Waals surface area contributed by atoms with Gasteiger partial charge in [0.05, 0.1) is 7.11 Å². The van der Waals surface area contributed by atoms with E-state index in [1.54, 1.807) is 30.3 Å². The maximum atomic E-state index is 13.0. The maximum absolute atomic E-state index is 13.0. The smallest absolute Gasteiger partial charge is 0.333 e. The van der Waals surface area contributed by atoms with E-state index >= 15 is 0 Å². The number of ether oxygens (including phenoxy) is 1. The second-order valence-corrected chi connectivity index (χ2v) is 4.19. The van der Waals surface area contributed by atoms with Crippen molar-refractivity contribution in [1.82, 2.24) is 10.3 Å². The number of carbonyl (C=O) groups excluding carboxylic acids is 2. The lowest BCUT2D eigenvalue weighted by atomic mass is 10.1. The highest BCUT2D eigenvalue weighted by molar-refractivity contribution is 5.95. The lowest BCUT2D eigenvalue weighted by Crippen LogP contribution is -2.35. The summed E-state index contributed by atoms with van der Waals surface area (Å²) >= 11 is 0. The molecule has 1 N–H and O–H groups in total. The molecule has 1 amide bonds. The number of hydrogen-bond acceptors (Lipinski definition) is 4. The van der Waals surface area contributed by atoms with Crippen molar-refractivity contribution in [1.29, 1.82) is 0 Å². The number of benzene rings is 1. The Balaban J connectivity index is 2.23. The van der Waals surface area contributed by atoms with Gasteiger partial charge in [0, 0.05) is 0 Å². The van der Waals surface area contributed by atoms with Gasteiger partial charge in [-0.3, -0.25) is 4.79 Å². The average molecular weight is 288 g/mol. The molecule has 1 heterocycles. The van der Waals surface area contributed by atoms with Crippen LogP contribution in [0.5, 0.6) is 0 Å². The van der Waals surface area contributed by atoms with Crippen molar-refractivity contribution in [2.24, 2.45) is 0 Å². The highest BCUT2D eigenvalue weighted by Gasteiger charge is 2.24. The molecule has 1 unspecified atom stereocenters. The molecule has 2 rings (SSSR count). The minimum absolute atomic E-state index is 0.111. The van der Waals surface area contributed by atoms with Gasteiger partial charge in [-0.05, 0) is 17.7 Å². The normalized spacial score (nSPS) is 11.5. The second kappa shape index (κ2) is 6.60. The van der Waals surface area contributed by atoms with Crippen LogP contribution in [0.3, 0.4) is 0 Å². The van der Waals surface area contributed by atoms with E-state index in [2.05, 4.69) is 15.0 Å². The third kappa shape index (κ3) is 3.62. The molecule has 0 aliphatic heterocycles. The Morgan fingerprint density at radius 3 is 2.48 bits per heavy atom. The SMILES string of the molecule is COC(=O)C(NC(=O)c1cccc(F)n1)c1ccccc1. The minimum atomic E-state index is -0.978. The molecule has 2 aromatic rings. The van der Waals surface area contributed by atoms with Crippen LogP contribution >= 0.6 is 0 Å². The number of nitrogens with one attached hydrogen (secondary N) is 1. The number of carbonyl (C=O) groups is 2. The summed E-state index contributed by atoms with van der Waals surface area (Å²) in [5.41, 5.74) is 0.453. The summed E-state index contributed by atoms with van der Waals surface area (Å²) in [4.78, 5) is 27.3. The molecule has 1 atom stereocenters. The minimum Gasteiger partial charge on any atom is -0.467 e. The highest BCUT2D eigenvalue weighted by atomic mass is 19.1. The van der Waals surface area contributed by atoms with Crippen molar-refractivity contribution >= 4 is 11.9 Å². The monoisotopic (exact) mass is 288 g/mol. The molecule has 21 heavy (non-hydrogen) atoms. The van der Waals surface area contributed by atoms with Gasteiger partial charge in [0.25, 0.3) is 5.91 Å². The molecule has 0 fully saturated rings. The Labute approximate surface area is 120 Å². The quantitative estimate of drug-likeness (QED) is 0.689. The highest BCUT2D eigenvalue weighted by Crippen LogP contribution is 2.15. The van der Waals surface area contributed by atoms with Crippen LogP contribution in [-0.4, -0.2) is 24.0 Å². The van der Waals surface area contributed by atoms with Crippen LogP contribution in [0.2, 0.25) is 0 Å². The van der Waals surface area contributed by atoms with E-state index in [1.165, 1.54) is 19.2 Å². The molecule has 0 saturated heterocycles. The summed E-state index contributed by atoms with van der Waals surface area (Å²) in [5.74, 6) is -2.04. The van der Waals surface area contributed by atoms with Gasteiger partial charge >= 0.3 is 5.97 Å². The molecule has 1 aromatic heterocycles. The standard InChI is InChI=1S/C15H13FN2O3/c1-21-15(20)13(10-6-3-2-4-7-10)18-14(19)11-8-5-9-12(16)17-11/h2-9,13H,1H3,(H,18,19). The molecule has 6 heteroatoms. The zero-order chi connectivity index (χ0) is 15.2. The molecule has 0 aliphatic rings. The molecule has 0 bridgehead atoms. The van der Waals surface area contributed by atoms with Gasteiger partial charge in [-0.15, -0.1) is 0 Å². The molecule has 108 valence electrons. The molecule has 1 aromatic carbocycles. The first-order valence-corrected chi connectivity index (χ1v) is 6.18.